The molecule has 0 amide bonds. The van der Waals surface area contributed by atoms with E-state index in [0.29, 0.717) is 0 Å². The minimum atomic E-state index is -0.218. The summed E-state index contributed by atoms with van der Waals surface area (Å²) in [6.45, 7) is 3.72. The van der Waals surface area contributed by atoms with E-state index in [-0.39, 0.29) is 18.1 Å². The minimum Gasteiger partial charge on any atom is -0.461 e. The Hall–Kier alpha value is -1.51. The number of carbonyl (C=O) groups is 1. The number of hydrogen-bond acceptors (Lipinski definition) is 3. The summed E-state index contributed by atoms with van der Waals surface area (Å²) in [6.07, 6.45) is 0.671. The SMILES string of the molecule is CC(C)OC(=O)[C@@H]1Cc2ccccc2N1. The molecule has 1 aromatic carbocycles. The fourth-order valence-electron chi connectivity index (χ4n) is 1.75. The molecule has 0 aromatic heterocycles. The van der Waals surface area contributed by atoms with Crippen LogP contribution in [-0.4, -0.2) is 18.1 Å². The van der Waals surface area contributed by atoms with Crippen LogP contribution in [0.25, 0.3) is 0 Å². The number of nitrogens with one attached hydrogen (secondary N) is 1. The Morgan fingerprint density at radius 3 is 2.87 bits per heavy atom. The predicted molar refractivity (Wildman–Crippen MR) is 58.8 cm³/mol. The van der Waals surface area contributed by atoms with Gasteiger partial charge < -0.3 is 10.1 Å². The highest BCUT2D eigenvalue weighted by Gasteiger charge is 2.27. The number of rotatable bonds is 2. The molecule has 0 saturated heterocycles. The van der Waals surface area contributed by atoms with Gasteiger partial charge in [0, 0.05) is 12.1 Å². The molecule has 1 N–H and O–H groups in total. The lowest BCUT2D eigenvalue weighted by Crippen LogP contribution is -2.30. The molecule has 3 heteroatoms. The molecular weight excluding hydrogens is 190 g/mol. The lowest BCUT2D eigenvalue weighted by atomic mass is 10.1. The fourth-order valence-corrected chi connectivity index (χ4v) is 1.75. The van der Waals surface area contributed by atoms with Gasteiger partial charge in [-0.25, -0.2) is 4.79 Å². The van der Waals surface area contributed by atoms with Gasteiger partial charge in [-0.05, 0) is 25.5 Å². The molecule has 80 valence electrons. The Morgan fingerprint density at radius 2 is 2.20 bits per heavy atom. The second-order valence-corrected chi connectivity index (χ2v) is 4.04. The van der Waals surface area contributed by atoms with E-state index in [2.05, 4.69) is 5.32 Å². The summed E-state index contributed by atoms with van der Waals surface area (Å²) in [6, 6.07) is 7.74. The second-order valence-electron chi connectivity index (χ2n) is 4.04. The standard InChI is InChI=1S/C12H15NO2/c1-8(2)15-12(14)11-7-9-5-3-4-6-10(9)13-11/h3-6,8,11,13H,7H2,1-2H3/t11-/m0/s1. The maximum atomic E-state index is 11.6. The van der Waals surface area contributed by atoms with Gasteiger partial charge in [-0.15, -0.1) is 0 Å². The fraction of sp³-hybridized carbons (Fsp3) is 0.417. The van der Waals surface area contributed by atoms with Crippen molar-refractivity contribution >= 4 is 11.7 Å². The first-order valence-corrected chi connectivity index (χ1v) is 5.22. The molecule has 1 aromatic rings. The van der Waals surface area contributed by atoms with Gasteiger partial charge in [-0.2, -0.15) is 0 Å². The minimum absolute atomic E-state index is 0.0528. The molecular formula is C12H15NO2. The van der Waals surface area contributed by atoms with E-state index in [4.69, 9.17) is 4.74 Å². The first kappa shape index (κ1) is 10.0. The molecule has 1 heterocycles. The van der Waals surface area contributed by atoms with E-state index in [9.17, 15) is 4.79 Å². The Bertz CT molecular complexity index is 349. The molecule has 1 aliphatic heterocycles. The summed E-state index contributed by atoms with van der Waals surface area (Å²) in [7, 11) is 0. The van der Waals surface area contributed by atoms with Crippen molar-refractivity contribution in [1.29, 1.82) is 0 Å². The Labute approximate surface area is 89.4 Å². The summed E-state index contributed by atoms with van der Waals surface area (Å²) in [5, 5.41) is 3.17. The lowest BCUT2D eigenvalue weighted by Gasteiger charge is -2.13. The Morgan fingerprint density at radius 1 is 1.47 bits per heavy atom. The monoisotopic (exact) mass is 205 g/mol. The van der Waals surface area contributed by atoms with Crippen molar-refractivity contribution in [2.45, 2.75) is 32.4 Å². The van der Waals surface area contributed by atoms with E-state index in [0.717, 1.165) is 12.1 Å². The van der Waals surface area contributed by atoms with E-state index < -0.39 is 0 Å². The lowest BCUT2D eigenvalue weighted by molar-refractivity contribution is -0.148. The van der Waals surface area contributed by atoms with Gasteiger partial charge in [-0.3, -0.25) is 0 Å². The average molecular weight is 205 g/mol. The summed E-state index contributed by atoms with van der Waals surface area (Å²) < 4.78 is 5.16. The van der Waals surface area contributed by atoms with E-state index in [1.54, 1.807) is 0 Å². The third-order valence-electron chi connectivity index (χ3n) is 2.41. The molecule has 1 atom stereocenters. The normalized spacial score (nSPS) is 18.5. The molecule has 0 fully saturated rings. The highest BCUT2D eigenvalue weighted by atomic mass is 16.5. The van der Waals surface area contributed by atoms with Crippen LogP contribution in [0, 0.1) is 0 Å². The van der Waals surface area contributed by atoms with Crippen LogP contribution >= 0.6 is 0 Å². The molecule has 0 aliphatic carbocycles. The van der Waals surface area contributed by atoms with Gasteiger partial charge in [0.1, 0.15) is 6.04 Å². The van der Waals surface area contributed by atoms with Crippen molar-refractivity contribution in [2.24, 2.45) is 0 Å². The first-order valence-electron chi connectivity index (χ1n) is 5.22. The van der Waals surface area contributed by atoms with Crippen LogP contribution in [0.4, 0.5) is 5.69 Å². The van der Waals surface area contributed by atoms with Crippen LogP contribution in [0.1, 0.15) is 19.4 Å². The van der Waals surface area contributed by atoms with Gasteiger partial charge in [0.25, 0.3) is 0 Å². The second kappa shape index (κ2) is 3.93. The summed E-state index contributed by atoms with van der Waals surface area (Å²) in [5.74, 6) is -0.166. The van der Waals surface area contributed by atoms with Gasteiger partial charge in [-0.1, -0.05) is 18.2 Å². The maximum absolute atomic E-state index is 11.6. The molecule has 15 heavy (non-hydrogen) atoms. The zero-order valence-electron chi connectivity index (χ0n) is 8.99. The van der Waals surface area contributed by atoms with Crippen molar-refractivity contribution in [1.82, 2.24) is 0 Å². The Kier molecular flexibility index (Phi) is 2.62. The smallest absolute Gasteiger partial charge is 0.329 e. The molecule has 0 spiro atoms. The number of carbonyl (C=O) groups excluding carboxylic acids is 1. The molecule has 1 aliphatic rings. The summed E-state index contributed by atoms with van der Waals surface area (Å²) >= 11 is 0. The topological polar surface area (TPSA) is 38.3 Å². The van der Waals surface area contributed by atoms with Gasteiger partial charge in [0.2, 0.25) is 0 Å². The van der Waals surface area contributed by atoms with Crippen LogP contribution in [0.5, 0.6) is 0 Å². The highest BCUT2D eigenvalue weighted by molar-refractivity contribution is 5.82. The van der Waals surface area contributed by atoms with Crippen molar-refractivity contribution in [2.75, 3.05) is 5.32 Å². The van der Waals surface area contributed by atoms with Crippen LogP contribution in [-0.2, 0) is 16.0 Å². The molecule has 0 bridgehead atoms. The zero-order chi connectivity index (χ0) is 10.8. The van der Waals surface area contributed by atoms with Gasteiger partial charge in [0.05, 0.1) is 6.10 Å². The van der Waals surface area contributed by atoms with Crippen molar-refractivity contribution in [3.05, 3.63) is 29.8 Å². The molecule has 0 radical (unpaired) electrons. The quantitative estimate of drug-likeness (QED) is 0.750. The number of para-hydroxylation sites is 1. The summed E-state index contributed by atoms with van der Waals surface area (Å²) in [5.41, 5.74) is 2.23. The number of benzene rings is 1. The third-order valence-corrected chi connectivity index (χ3v) is 2.41. The molecule has 0 unspecified atom stereocenters. The van der Waals surface area contributed by atoms with E-state index >= 15 is 0 Å². The van der Waals surface area contributed by atoms with Gasteiger partial charge >= 0.3 is 5.97 Å². The molecule has 3 nitrogen and oxygen atoms in total. The van der Waals surface area contributed by atoms with Crippen molar-refractivity contribution < 1.29 is 9.53 Å². The van der Waals surface area contributed by atoms with Gasteiger partial charge in [0.15, 0.2) is 0 Å². The first-order chi connectivity index (χ1) is 7.16. The van der Waals surface area contributed by atoms with Crippen LogP contribution < -0.4 is 5.32 Å². The number of esters is 1. The third kappa shape index (κ3) is 2.12. The maximum Gasteiger partial charge on any atom is 0.329 e. The van der Waals surface area contributed by atoms with Crippen molar-refractivity contribution in [3.63, 3.8) is 0 Å². The molecule has 0 saturated carbocycles. The highest BCUT2D eigenvalue weighted by Crippen LogP contribution is 2.25. The van der Waals surface area contributed by atoms with Crippen molar-refractivity contribution in [3.8, 4) is 0 Å². The van der Waals surface area contributed by atoms with E-state index in [1.807, 2.05) is 38.1 Å². The molecule has 2 rings (SSSR count). The van der Waals surface area contributed by atoms with E-state index in [1.165, 1.54) is 5.56 Å². The predicted octanol–water partition coefficient (Wildman–Crippen LogP) is 1.97. The summed E-state index contributed by atoms with van der Waals surface area (Å²) in [4.78, 5) is 11.6. The number of fused-ring (bicyclic) bond motifs is 1. The average Bonchev–Trinajstić information content (AvgIpc) is 2.59. The zero-order valence-corrected chi connectivity index (χ0v) is 8.99. The van der Waals surface area contributed by atoms with Crippen LogP contribution in [0.2, 0.25) is 0 Å². The Balaban J connectivity index is 2.04. The van der Waals surface area contributed by atoms with Crippen LogP contribution in [0.15, 0.2) is 24.3 Å². The number of ether oxygens (including phenoxy) is 1. The number of anilines is 1. The van der Waals surface area contributed by atoms with Crippen LogP contribution in [0.3, 0.4) is 0 Å². The largest absolute Gasteiger partial charge is 0.461 e. The number of hydrogen-bond donors (Lipinski definition) is 1.